The molecule has 1 aliphatic heterocycles. The summed E-state index contributed by atoms with van der Waals surface area (Å²) in [4.78, 5) is 6.91. The first-order valence-corrected chi connectivity index (χ1v) is 6.68. The van der Waals surface area contributed by atoms with E-state index in [9.17, 15) is 0 Å². The van der Waals surface area contributed by atoms with Gasteiger partial charge in [0.25, 0.3) is 0 Å². The summed E-state index contributed by atoms with van der Waals surface area (Å²) >= 11 is 0. The summed E-state index contributed by atoms with van der Waals surface area (Å²) in [6, 6.07) is 3.94. The van der Waals surface area contributed by atoms with Crippen LogP contribution in [-0.4, -0.2) is 18.1 Å². The molecule has 1 aliphatic rings. The van der Waals surface area contributed by atoms with Gasteiger partial charge >= 0.3 is 0 Å². The van der Waals surface area contributed by atoms with E-state index in [2.05, 4.69) is 16.8 Å². The molecule has 1 aromatic rings. The molecular formula is C14H23N3. The van der Waals surface area contributed by atoms with E-state index in [1.807, 2.05) is 19.1 Å². The molecule has 3 heteroatoms. The second kappa shape index (κ2) is 5.39. The summed E-state index contributed by atoms with van der Waals surface area (Å²) in [5.74, 6) is 1.89. The topological polar surface area (TPSA) is 42.2 Å². The van der Waals surface area contributed by atoms with Gasteiger partial charge in [-0.2, -0.15) is 0 Å². The van der Waals surface area contributed by atoms with Crippen molar-refractivity contribution in [3.63, 3.8) is 0 Å². The Morgan fingerprint density at radius 3 is 2.71 bits per heavy atom. The highest BCUT2D eigenvalue weighted by Gasteiger charge is 2.20. The number of pyridine rings is 1. The molecule has 0 aromatic carbocycles. The zero-order chi connectivity index (χ0) is 12.3. The van der Waals surface area contributed by atoms with Gasteiger partial charge in [0, 0.05) is 18.8 Å². The first-order valence-electron chi connectivity index (χ1n) is 6.68. The molecule has 94 valence electrons. The SMILES string of the molecule is CCCC1CCN(c2nc(C)ccc2N)CC1. The number of nitrogens with two attached hydrogens (primary N) is 1. The molecule has 1 fully saturated rings. The van der Waals surface area contributed by atoms with Crippen molar-refractivity contribution in [1.29, 1.82) is 0 Å². The van der Waals surface area contributed by atoms with Crippen LogP contribution in [0.25, 0.3) is 0 Å². The molecule has 1 aromatic heterocycles. The lowest BCUT2D eigenvalue weighted by Gasteiger charge is -2.33. The summed E-state index contributed by atoms with van der Waals surface area (Å²) in [5.41, 5.74) is 7.87. The van der Waals surface area contributed by atoms with Crippen molar-refractivity contribution >= 4 is 11.5 Å². The van der Waals surface area contributed by atoms with E-state index < -0.39 is 0 Å². The van der Waals surface area contributed by atoms with Crippen LogP contribution in [0.2, 0.25) is 0 Å². The van der Waals surface area contributed by atoms with Crippen molar-refractivity contribution in [2.24, 2.45) is 5.92 Å². The Bertz CT molecular complexity index is 368. The molecule has 0 amide bonds. The highest BCUT2D eigenvalue weighted by molar-refractivity contribution is 5.63. The zero-order valence-corrected chi connectivity index (χ0v) is 10.9. The lowest BCUT2D eigenvalue weighted by Crippen LogP contribution is -2.34. The van der Waals surface area contributed by atoms with E-state index in [-0.39, 0.29) is 0 Å². The molecule has 0 aliphatic carbocycles. The van der Waals surface area contributed by atoms with Gasteiger partial charge in [-0.05, 0) is 37.8 Å². The van der Waals surface area contributed by atoms with Gasteiger partial charge in [0.05, 0.1) is 5.69 Å². The predicted molar refractivity (Wildman–Crippen MR) is 73.2 cm³/mol. The molecule has 3 nitrogen and oxygen atoms in total. The van der Waals surface area contributed by atoms with Gasteiger partial charge in [0.15, 0.2) is 5.82 Å². The number of nitrogens with zero attached hydrogens (tertiary/aromatic N) is 2. The van der Waals surface area contributed by atoms with E-state index in [1.165, 1.54) is 25.7 Å². The summed E-state index contributed by atoms with van der Waals surface area (Å²) < 4.78 is 0. The fourth-order valence-corrected chi connectivity index (χ4v) is 2.65. The van der Waals surface area contributed by atoms with Crippen LogP contribution >= 0.6 is 0 Å². The molecule has 0 unspecified atom stereocenters. The van der Waals surface area contributed by atoms with Crippen LogP contribution in [0.5, 0.6) is 0 Å². The van der Waals surface area contributed by atoms with E-state index in [1.54, 1.807) is 0 Å². The Kier molecular flexibility index (Phi) is 3.87. The summed E-state index contributed by atoms with van der Waals surface area (Å²) in [7, 11) is 0. The third-order valence-electron chi connectivity index (χ3n) is 3.66. The van der Waals surface area contributed by atoms with Crippen molar-refractivity contribution in [2.75, 3.05) is 23.7 Å². The fraction of sp³-hybridized carbons (Fsp3) is 0.643. The number of nitrogen functional groups attached to an aromatic ring is 1. The normalized spacial score (nSPS) is 17.4. The van der Waals surface area contributed by atoms with Crippen molar-refractivity contribution in [1.82, 2.24) is 4.98 Å². The van der Waals surface area contributed by atoms with Gasteiger partial charge in [0.1, 0.15) is 0 Å². The number of hydrogen-bond acceptors (Lipinski definition) is 3. The minimum Gasteiger partial charge on any atom is -0.396 e. The van der Waals surface area contributed by atoms with Gasteiger partial charge in [-0.1, -0.05) is 19.8 Å². The van der Waals surface area contributed by atoms with Crippen LogP contribution in [0.15, 0.2) is 12.1 Å². The van der Waals surface area contributed by atoms with Crippen molar-refractivity contribution < 1.29 is 0 Å². The maximum Gasteiger partial charge on any atom is 0.152 e. The van der Waals surface area contributed by atoms with Gasteiger partial charge in [-0.3, -0.25) is 0 Å². The van der Waals surface area contributed by atoms with Crippen LogP contribution in [-0.2, 0) is 0 Å². The van der Waals surface area contributed by atoms with Crippen LogP contribution in [0.4, 0.5) is 11.5 Å². The molecular weight excluding hydrogens is 210 g/mol. The quantitative estimate of drug-likeness (QED) is 0.872. The standard InChI is InChI=1S/C14H23N3/c1-3-4-12-7-9-17(10-8-12)14-13(15)6-5-11(2)16-14/h5-6,12H,3-4,7-10,15H2,1-2H3. The molecule has 2 N–H and O–H groups in total. The van der Waals surface area contributed by atoms with E-state index in [4.69, 9.17) is 5.73 Å². The minimum atomic E-state index is 0.810. The second-order valence-corrected chi connectivity index (χ2v) is 5.08. The Hall–Kier alpha value is -1.25. The average molecular weight is 233 g/mol. The number of aryl methyl sites for hydroxylation is 1. The Morgan fingerprint density at radius 1 is 1.35 bits per heavy atom. The summed E-state index contributed by atoms with van der Waals surface area (Å²) in [5, 5.41) is 0. The average Bonchev–Trinajstić information content (AvgIpc) is 2.34. The first kappa shape index (κ1) is 12.2. The molecule has 0 atom stereocenters. The molecule has 2 rings (SSSR count). The van der Waals surface area contributed by atoms with E-state index in [0.717, 1.165) is 36.2 Å². The molecule has 0 bridgehead atoms. The number of piperidine rings is 1. The first-order chi connectivity index (χ1) is 8.20. The zero-order valence-electron chi connectivity index (χ0n) is 10.9. The molecule has 17 heavy (non-hydrogen) atoms. The highest BCUT2D eigenvalue weighted by atomic mass is 15.2. The van der Waals surface area contributed by atoms with Crippen molar-refractivity contribution in [2.45, 2.75) is 39.5 Å². The third kappa shape index (κ3) is 2.90. The van der Waals surface area contributed by atoms with Crippen LogP contribution in [0, 0.1) is 12.8 Å². The summed E-state index contributed by atoms with van der Waals surface area (Å²) in [6.07, 6.45) is 5.23. The largest absolute Gasteiger partial charge is 0.396 e. The Morgan fingerprint density at radius 2 is 2.06 bits per heavy atom. The molecule has 0 radical (unpaired) electrons. The molecule has 1 saturated heterocycles. The van der Waals surface area contributed by atoms with Gasteiger partial charge < -0.3 is 10.6 Å². The van der Waals surface area contributed by atoms with Crippen LogP contribution in [0.1, 0.15) is 38.3 Å². The van der Waals surface area contributed by atoms with Gasteiger partial charge in [-0.25, -0.2) is 4.98 Å². The molecule has 0 saturated carbocycles. The maximum absolute atomic E-state index is 6.01. The lowest BCUT2D eigenvalue weighted by atomic mass is 9.92. The van der Waals surface area contributed by atoms with E-state index in [0.29, 0.717) is 0 Å². The Balaban J connectivity index is 2.02. The predicted octanol–water partition coefficient (Wildman–Crippen LogP) is 2.99. The number of aromatic nitrogens is 1. The maximum atomic E-state index is 6.01. The van der Waals surface area contributed by atoms with Crippen LogP contribution in [0.3, 0.4) is 0 Å². The van der Waals surface area contributed by atoms with Crippen molar-refractivity contribution in [3.8, 4) is 0 Å². The van der Waals surface area contributed by atoms with E-state index >= 15 is 0 Å². The highest BCUT2D eigenvalue weighted by Crippen LogP contribution is 2.28. The third-order valence-corrected chi connectivity index (χ3v) is 3.66. The smallest absolute Gasteiger partial charge is 0.152 e. The minimum absolute atomic E-state index is 0.810. The molecule has 0 spiro atoms. The number of hydrogen-bond donors (Lipinski definition) is 1. The second-order valence-electron chi connectivity index (χ2n) is 5.08. The van der Waals surface area contributed by atoms with Gasteiger partial charge in [-0.15, -0.1) is 0 Å². The number of rotatable bonds is 3. The van der Waals surface area contributed by atoms with Crippen LogP contribution < -0.4 is 10.6 Å². The fourth-order valence-electron chi connectivity index (χ4n) is 2.65. The monoisotopic (exact) mass is 233 g/mol. The van der Waals surface area contributed by atoms with Gasteiger partial charge in [0.2, 0.25) is 0 Å². The Labute approximate surface area is 104 Å². The van der Waals surface area contributed by atoms with Crippen molar-refractivity contribution in [3.05, 3.63) is 17.8 Å². The molecule has 2 heterocycles. The lowest BCUT2D eigenvalue weighted by molar-refractivity contribution is 0.377. The summed E-state index contributed by atoms with van der Waals surface area (Å²) in [6.45, 7) is 6.50. The number of anilines is 2.